The molecule has 4 heteroatoms. The van der Waals surface area contributed by atoms with Gasteiger partial charge >= 0.3 is 0 Å². The lowest BCUT2D eigenvalue weighted by Crippen LogP contribution is -2.05. The van der Waals surface area contributed by atoms with Gasteiger partial charge in [-0.05, 0) is 91.9 Å². The third kappa shape index (κ3) is 3.43. The fourth-order valence-electron chi connectivity index (χ4n) is 2.99. The lowest BCUT2D eigenvalue weighted by Gasteiger charge is -2.17. The monoisotopic (exact) mass is 438 g/mol. The summed E-state index contributed by atoms with van der Waals surface area (Å²) in [5.41, 5.74) is 21.7. The fraction of sp³-hybridized carbons (Fsp3) is 0.368. The lowest BCUT2D eigenvalue weighted by atomic mass is 9.93. The van der Waals surface area contributed by atoms with Gasteiger partial charge in [0.2, 0.25) is 0 Å². The molecule has 0 spiro atoms. The highest BCUT2D eigenvalue weighted by molar-refractivity contribution is 9.11. The van der Waals surface area contributed by atoms with Crippen molar-refractivity contribution in [2.45, 2.75) is 47.0 Å². The number of anilines is 2. The van der Waals surface area contributed by atoms with Crippen LogP contribution in [0.3, 0.4) is 0 Å². The van der Waals surface area contributed by atoms with Crippen molar-refractivity contribution in [1.29, 1.82) is 0 Å². The van der Waals surface area contributed by atoms with Crippen molar-refractivity contribution in [2.75, 3.05) is 11.5 Å². The summed E-state index contributed by atoms with van der Waals surface area (Å²) >= 11 is 7.28. The van der Waals surface area contributed by atoms with E-state index in [-0.39, 0.29) is 0 Å². The smallest absolute Gasteiger partial charge is 0.0497 e. The van der Waals surface area contributed by atoms with Gasteiger partial charge in [-0.25, -0.2) is 0 Å². The molecule has 2 aromatic rings. The predicted octanol–water partition coefficient (Wildman–Crippen LogP) is 5.71. The Morgan fingerprint density at radius 1 is 0.739 bits per heavy atom. The van der Waals surface area contributed by atoms with E-state index in [4.69, 9.17) is 11.5 Å². The van der Waals surface area contributed by atoms with Gasteiger partial charge in [0.15, 0.2) is 0 Å². The number of rotatable bonds is 4. The van der Waals surface area contributed by atoms with Crippen LogP contribution < -0.4 is 11.5 Å². The molecule has 0 amide bonds. The summed E-state index contributed by atoms with van der Waals surface area (Å²) in [6, 6.07) is 4.43. The topological polar surface area (TPSA) is 52.0 Å². The van der Waals surface area contributed by atoms with E-state index < -0.39 is 0 Å². The third-order valence-corrected chi connectivity index (χ3v) is 6.67. The Morgan fingerprint density at radius 3 is 1.39 bits per heavy atom. The first-order valence-corrected chi connectivity index (χ1v) is 9.52. The highest BCUT2D eigenvalue weighted by atomic mass is 79.9. The van der Waals surface area contributed by atoms with Crippen molar-refractivity contribution in [3.8, 4) is 0 Å². The molecule has 0 saturated carbocycles. The summed E-state index contributed by atoms with van der Waals surface area (Å²) in [7, 11) is 0. The van der Waals surface area contributed by atoms with Gasteiger partial charge in [-0.15, -0.1) is 0 Å². The van der Waals surface area contributed by atoms with Gasteiger partial charge in [-0.1, -0.05) is 26.0 Å². The maximum Gasteiger partial charge on any atom is 0.0497 e. The summed E-state index contributed by atoms with van der Waals surface area (Å²) in [5.74, 6) is 0. The fourth-order valence-corrected chi connectivity index (χ4v) is 4.01. The average Bonchev–Trinajstić information content (AvgIpc) is 2.55. The van der Waals surface area contributed by atoms with Gasteiger partial charge in [-0.3, -0.25) is 0 Å². The highest BCUT2D eigenvalue weighted by Crippen LogP contribution is 2.36. The van der Waals surface area contributed by atoms with Crippen LogP contribution in [0, 0.1) is 13.8 Å². The maximum absolute atomic E-state index is 6.34. The van der Waals surface area contributed by atoms with E-state index in [1.54, 1.807) is 0 Å². The first kappa shape index (κ1) is 18.3. The lowest BCUT2D eigenvalue weighted by molar-refractivity contribution is 1.06. The standard InChI is InChI=1S/C19H24Br2N2/c1-5-12-7-14(18(22)16(20)10(12)3)9-15-8-13(6-2)11(4)17(21)19(15)23/h7-8H,5-6,9,22-23H2,1-4H3. The zero-order valence-electron chi connectivity index (χ0n) is 14.2. The largest absolute Gasteiger partial charge is 0.398 e. The second-order valence-corrected chi connectivity index (χ2v) is 7.56. The van der Waals surface area contributed by atoms with E-state index in [9.17, 15) is 0 Å². The van der Waals surface area contributed by atoms with Crippen LogP contribution in [0.25, 0.3) is 0 Å². The number of hydrogen-bond donors (Lipinski definition) is 2. The zero-order valence-corrected chi connectivity index (χ0v) is 17.4. The molecule has 2 rings (SSSR count). The van der Waals surface area contributed by atoms with Gasteiger partial charge in [0.1, 0.15) is 0 Å². The van der Waals surface area contributed by atoms with Crippen LogP contribution in [0.4, 0.5) is 11.4 Å². The Hall–Kier alpha value is -1.00. The van der Waals surface area contributed by atoms with Crippen LogP contribution in [0.2, 0.25) is 0 Å². The molecule has 0 aliphatic carbocycles. The molecule has 0 bridgehead atoms. The molecule has 0 atom stereocenters. The molecule has 0 fully saturated rings. The van der Waals surface area contributed by atoms with Crippen LogP contribution in [0.5, 0.6) is 0 Å². The quantitative estimate of drug-likeness (QED) is 0.599. The number of nitrogen functional groups attached to an aromatic ring is 2. The van der Waals surface area contributed by atoms with E-state index in [0.29, 0.717) is 0 Å². The summed E-state index contributed by atoms with van der Waals surface area (Å²) in [4.78, 5) is 0. The average molecular weight is 440 g/mol. The molecule has 124 valence electrons. The maximum atomic E-state index is 6.34. The van der Waals surface area contributed by atoms with Crippen molar-refractivity contribution in [2.24, 2.45) is 0 Å². The van der Waals surface area contributed by atoms with Crippen LogP contribution in [-0.2, 0) is 19.3 Å². The molecule has 0 aromatic heterocycles. The Bertz CT molecular complexity index is 689. The second-order valence-electron chi connectivity index (χ2n) is 5.98. The molecule has 2 nitrogen and oxygen atoms in total. The van der Waals surface area contributed by atoms with E-state index in [2.05, 4.69) is 71.7 Å². The SMILES string of the molecule is CCc1cc(Cc2cc(CC)c(C)c(Br)c2N)c(N)c(Br)c1C. The van der Waals surface area contributed by atoms with Crippen molar-refractivity contribution in [1.82, 2.24) is 0 Å². The summed E-state index contributed by atoms with van der Waals surface area (Å²) in [6.07, 6.45) is 2.73. The molecule has 2 aromatic carbocycles. The van der Waals surface area contributed by atoms with Gasteiger partial charge in [0.05, 0.1) is 0 Å². The Kier molecular flexibility index (Phi) is 5.79. The van der Waals surface area contributed by atoms with Crippen molar-refractivity contribution in [3.63, 3.8) is 0 Å². The van der Waals surface area contributed by atoms with Gasteiger partial charge in [0, 0.05) is 26.7 Å². The number of nitrogens with two attached hydrogens (primary N) is 2. The minimum Gasteiger partial charge on any atom is -0.398 e. The van der Waals surface area contributed by atoms with Gasteiger partial charge in [-0.2, -0.15) is 0 Å². The normalized spacial score (nSPS) is 11.0. The second kappa shape index (κ2) is 7.27. The molecular formula is C19H24Br2N2. The molecule has 0 unspecified atom stereocenters. The molecular weight excluding hydrogens is 416 g/mol. The van der Waals surface area contributed by atoms with E-state index in [1.165, 1.54) is 22.3 Å². The zero-order chi connectivity index (χ0) is 17.3. The molecule has 0 aliphatic heterocycles. The first-order valence-electron chi connectivity index (χ1n) is 7.94. The minimum absolute atomic E-state index is 0.745. The molecule has 0 aliphatic rings. The first-order chi connectivity index (χ1) is 10.8. The van der Waals surface area contributed by atoms with Gasteiger partial charge in [0.25, 0.3) is 0 Å². The van der Waals surface area contributed by atoms with E-state index in [1.807, 2.05) is 0 Å². The number of benzene rings is 2. The number of hydrogen-bond acceptors (Lipinski definition) is 2. The van der Waals surface area contributed by atoms with Crippen molar-refractivity contribution in [3.05, 3.63) is 54.5 Å². The van der Waals surface area contributed by atoms with Crippen LogP contribution >= 0.6 is 31.9 Å². The Morgan fingerprint density at radius 2 is 1.09 bits per heavy atom. The summed E-state index contributed by atoms with van der Waals surface area (Å²) in [6.45, 7) is 8.55. The van der Waals surface area contributed by atoms with E-state index in [0.717, 1.165) is 50.7 Å². The molecule has 23 heavy (non-hydrogen) atoms. The molecule has 0 heterocycles. The Balaban J connectivity index is 2.56. The van der Waals surface area contributed by atoms with Crippen LogP contribution in [0.1, 0.15) is 47.2 Å². The van der Waals surface area contributed by atoms with Crippen molar-refractivity contribution >= 4 is 43.2 Å². The van der Waals surface area contributed by atoms with E-state index >= 15 is 0 Å². The van der Waals surface area contributed by atoms with Gasteiger partial charge < -0.3 is 11.5 Å². The predicted molar refractivity (Wildman–Crippen MR) is 108 cm³/mol. The van der Waals surface area contributed by atoms with Crippen LogP contribution in [0.15, 0.2) is 21.1 Å². The third-order valence-electron chi connectivity index (χ3n) is 4.63. The minimum atomic E-state index is 0.745. The molecule has 0 radical (unpaired) electrons. The summed E-state index contributed by atoms with van der Waals surface area (Å²) in [5, 5.41) is 0. The van der Waals surface area contributed by atoms with Crippen molar-refractivity contribution < 1.29 is 0 Å². The molecule has 4 N–H and O–H groups in total. The Labute approximate surface area is 155 Å². The van der Waals surface area contributed by atoms with Crippen LogP contribution in [-0.4, -0.2) is 0 Å². The number of halogens is 2. The summed E-state index contributed by atoms with van der Waals surface area (Å²) < 4.78 is 2.01. The highest BCUT2D eigenvalue weighted by Gasteiger charge is 2.15. The molecule has 0 saturated heterocycles. The number of aryl methyl sites for hydroxylation is 2.